The van der Waals surface area contributed by atoms with Crippen molar-refractivity contribution in [3.05, 3.63) is 36.0 Å². The number of benzene rings is 1. The number of para-hydroxylation sites is 1. The zero-order valence-electron chi connectivity index (χ0n) is 8.80. The molecule has 0 saturated carbocycles. The smallest absolute Gasteiger partial charge is 0.382 e. The van der Waals surface area contributed by atoms with E-state index in [9.17, 15) is 27.1 Å². The van der Waals surface area contributed by atoms with Crippen LogP contribution in [-0.2, 0) is 0 Å². The molecular formula is C11H8F5NO. The lowest BCUT2D eigenvalue weighted by Crippen LogP contribution is -2.42. The molecule has 0 aliphatic rings. The van der Waals surface area contributed by atoms with Gasteiger partial charge >= 0.3 is 12.1 Å². The third kappa shape index (κ3) is 1.84. The molecule has 2 aromatic rings. The van der Waals surface area contributed by atoms with Crippen LogP contribution in [0.2, 0.25) is 0 Å². The molecule has 0 spiro atoms. The lowest BCUT2D eigenvalue weighted by molar-refractivity contribution is -0.314. The van der Waals surface area contributed by atoms with E-state index in [0.717, 1.165) is 6.20 Å². The molecule has 18 heavy (non-hydrogen) atoms. The molecule has 98 valence electrons. The fourth-order valence-corrected chi connectivity index (χ4v) is 1.67. The number of alkyl halides is 5. The summed E-state index contributed by atoms with van der Waals surface area (Å²) in [5.41, 5.74) is -0.0996. The monoisotopic (exact) mass is 265 g/mol. The van der Waals surface area contributed by atoms with E-state index in [1.54, 1.807) is 6.07 Å². The highest BCUT2D eigenvalue weighted by Crippen LogP contribution is 2.45. The van der Waals surface area contributed by atoms with Crippen molar-refractivity contribution in [3.63, 3.8) is 0 Å². The van der Waals surface area contributed by atoms with Crippen molar-refractivity contribution in [2.75, 3.05) is 0 Å². The van der Waals surface area contributed by atoms with E-state index in [0.29, 0.717) is 5.52 Å². The fourth-order valence-electron chi connectivity index (χ4n) is 1.67. The van der Waals surface area contributed by atoms with E-state index < -0.39 is 23.8 Å². The van der Waals surface area contributed by atoms with Crippen molar-refractivity contribution in [1.29, 1.82) is 0 Å². The van der Waals surface area contributed by atoms with E-state index >= 15 is 0 Å². The van der Waals surface area contributed by atoms with E-state index in [1.165, 1.54) is 18.2 Å². The first-order valence-electron chi connectivity index (χ1n) is 4.94. The Morgan fingerprint density at radius 3 is 2.28 bits per heavy atom. The zero-order chi connectivity index (χ0) is 13.6. The molecule has 0 amide bonds. The van der Waals surface area contributed by atoms with Crippen molar-refractivity contribution in [2.45, 2.75) is 18.2 Å². The maximum atomic E-state index is 13.0. The number of hydrogen-bond donors (Lipinski definition) is 2. The highest BCUT2D eigenvalue weighted by molar-refractivity contribution is 5.83. The summed E-state index contributed by atoms with van der Waals surface area (Å²) < 4.78 is 62.5. The topological polar surface area (TPSA) is 36.0 Å². The summed E-state index contributed by atoms with van der Waals surface area (Å²) in [6.07, 6.45) is -7.78. The van der Waals surface area contributed by atoms with Crippen molar-refractivity contribution in [3.8, 4) is 0 Å². The van der Waals surface area contributed by atoms with Gasteiger partial charge < -0.3 is 10.1 Å². The fraction of sp³-hybridized carbons (Fsp3) is 0.273. The van der Waals surface area contributed by atoms with Crippen molar-refractivity contribution < 1.29 is 27.1 Å². The second kappa shape index (κ2) is 3.94. The molecule has 1 aromatic heterocycles. The molecule has 2 rings (SSSR count). The number of H-pyrrole nitrogens is 1. The average Bonchev–Trinajstić information content (AvgIpc) is 2.70. The third-order valence-electron chi connectivity index (χ3n) is 2.64. The molecule has 7 heteroatoms. The number of fused-ring (bicyclic) bond motifs is 1. The maximum Gasteiger partial charge on any atom is 0.456 e. The van der Waals surface area contributed by atoms with E-state index in [1.807, 2.05) is 0 Å². The number of aliphatic hydroxyl groups is 1. The summed E-state index contributed by atoms with van der Waals surface area (Å²) in [7, 11) is 0. The number of aromatic amines is 1. The zero-order valence-corrected chi connectivity index (χ0v) is 8.80. The van der Waals surface area contributed by atoms with Crippen LogP contribution in [0.3, 0.4) is 0 Å². The summed E-state index contributed by atoms with van der Waals surface area (Å²) in [5.74, 6) is -5.20. The Hall–Kier alpha value is -1.63. The Morgan fingerprint density at radius 1 is 1.06 bits per heavy atom. The van der Waals surface area contributed by atoms with Crippen LogP contribution in [0.1, 0.15) is 11.7 Å². The Morgan fingerprint density at radius 2 is 1.67 bits per heavy atom. The second-order valence-electron chi connectivity index (χ2n) is 3.81. The van der Waals surface area contributed by atoms with Crippen LogP contribution in [-0.4, -0.2) is 22.2 Å². The molecule has 0 aliphatic carbocycles. The predicted molar refractivity (Wildman–Crippen MR) is 54.3 cm³/mol. The van der Waals surface area contributed by atoms with Gasteiger partial charge in [0.25, 0.3) is 0 Å². The number of halogens is 5. The highest BCUT2D eigenvalue weighted by atomic mass is 19.4. The minimum atomic E-state index is -5.80. The largest absolute Gasteiger partial charge is 0.456 e. The summed E-state index contributed by atoms with van der Waals surface area (Å²) in [6.45, 7) is 0. The number of aromatic nitrogens is 1. The van der Waals surface area contributed by atoms with Gasteiger partial charge in [-0.2, -0.15) is 22.0 Å². The summed E-state index contributed by atoms with van der Waals surface area (Å²) in [4.78, 5) is 2.53. The van der Waals surface area contributed by atoms with Crippen LogP contribution in [0.15, 0.2) is 30.5 Å². The summed E-state index contributed by atoms with van der Waals surface area (Å²) in [6, 6.07) is 5.95. The number of rotatable bonds is 2. The Labute approximate surface area is 98.0 Å². The van der Waals surface area contributed by atoms with Gasteiger partial charge in [0.1, 0.15) is 0 Å². The lowest BCUT2D eigenvalue weighted by Gasteiger charge is -2.24. The molecule has 0 saturated heterocycles. The van der Waals surface area contributed by atoms with Crippen molar-refractivity contribution in [2.24, 2.45) is 0 Å². The number of aliphatic hydroxyl groups excluding tert-OH is 1. The van der Waals surface area contributed by atoms with Crippen LogP contribution >= 0.6 is 0 Å². The molecule has 1 aromatic carbocycles. The third-order valence-corrected chi connectivity index (χ3v) is 2.64. The molecule has 0 radical (unpaired) electrons. The van der Waals surface area contributed by atoms with Gasteiger partial charge in [-0.25, -0.2) is 0 Å². The average molecular weight is 265 g/mol. The van der Waals surface area contributed by atoms with E-state index in [2.05, 4.69) is 4.98 Å². The van der Waals surface area contributed by atoms with Gasteiger partial charge in [-0.3, -0.25) is 0 Å². The molecular weight excluding hydrogens is 257 g/mol. The minimum Gasteiger partial charge on any atom is -0.382 e. The van der Waals surface area contributed by atoms with Crippen molar-refractivity contribution in [1.82, 2.24) is 4.98 Å². The quantitative estimate of drug-likeness (QED) is 0.802. The SMILES string of the molecule is OC(c1c[nH]c2ccccc12)C(F)(F)C(F)(F)F. The van der Waals surface area contributed by atoms with Crippen LogP contribution in [0.4, 0.5) is 22.0 Å². The maximum absolute atomic E-state index is 13.0. The van der Waals surface area contributed by atoms with Gasteiger partial charge in [-0.05, 0) is 6.07 Å². The first-order valence-corrected chi connectivity index (χ1v) is 4.94. The highest BCUT2D eigenvalue weighted by Gasteiger charge is 2.62. The van der Waals surface area contributed by atoms with Gasteiger partial charge in [0.2, 0.25) is 0 Å². The molecule has 1 unspecified atom stereocenters. The van der Waals surface area contributed by atoms with E-state index in [-0.39, 0.29) is 5.39 Å². The number of nitrogens with one attached hydrogen (secondary N) is 1. The molecule has 1 atom stereocenters. The first kappa shape index (κ1) is 12.8. The van der Waals surface area contributed by atoms with Crippen LogP contribution < -0.4 is 0 Å². The molecule has 0 fully saturated rings. The predicted octanol–water partition coefficient (Wildman–Crippen LogP) is 3.40. The lowest BCUT2D eigenvalue weighted by atomic mass is 10.0. The van der Waals surface area contributed by atoms with Crippen molar-refractivity contribution >= 4 is 10.9 Å². The second-order valence-corrected chi connectivity index (χ2v) is 3.81. The molecule has 2 N–H and O–H groups in total. The normalized spacial score (nSPS) is 15.0. The van der Waals surface area contributed by atoms with Gasteiger partial charge in [-0.15, -0.1) is 0 Å². The van der Waals surface area contributed by atoms with Gasteiger partial charge in [0, 0.05) is 22.7 Å². The van der Waals surface area contributed by atoms with Gasteiger partial charge in [-0.1, -0.05) is 18.2 Å². The van der Waals surface area contributed by atoms with Gasteiger partial charge in [0.05, 0.1) is 0 Å². The standard InChI is InChI=1S/C11H8F5NO/c12-10(13,11(14,15)16)9(18)7-5-17-8-4-2-1-3-6(7)8/h1-5,9,17-18H. The van der Waals surface area contributed by atoms with Crippen LogP contribution in [0.25, 0.3) is 10.9 Å². The molecule has 2 nitrogen and oxygen atoms in total. The Balaban J connectivity index is 2.49. The molecule has 0 aliphatic heterocycles. The van der Waals surface area contributed by atoms with Crippen LogP contribution in [0, 0.1) is 0 Å². The van der Waals surface area contributed by atoms with Gasteiger partial charge in [0.15, 0.2) is 6.10 Å². The van der Waals surface area contributed by atoms with E-state index in [4.69, 9.17) is 0 Å². The minimum absolute atomic E-state index is 0.133. The Bertz CT molecular complexity index is 560. The first-order chi connectivity index (χ1) is 8.25. The van der Waals surface area contributed by atoms with Crippen LogP contribution in [0.5, 0.6) is 0 Å². The molecule has 1 heterocycles. The summed E-state index contributed by atoms with van der Waals surface area (Å²) >= 11 is 0. The summed E-state index contributed by atoms with van der Waals surface area (Å²) in [5, 5.41) is 9.41. The molecule has 0 bridgehead atoms. The Kier molecular flexibility index (Phi) is 2.81. The number of hydrogen-bond acceptors (Lipinski definition) is 1.